The van der Waals surface area contributed by atoms with Crippen LogP contribution >= 0.6 is 0 Å². The van der Waals surface area contributed by atoms with Crippen molar-refractivity contribution in [3.05, 3.63) is 12.2 Å². The average molecular weight is 393 g/mol. The molecule has 4 heteroatoms. The Morgan fingerprint density at radius 2 is 1.07 bits per heavy atom. The van der Waals surface area contributed by atoms with E-state index in [2.05, 4.69) is 41.5 Å². The Balaban J connectivity index is 1.89. The molecule has 2 aliphatic rings. The lowest BCUT2D eigenvalue weighted by Gasteiger charge is -2.36. The fourth-order valence-electron chi connectivity index (χ4n) is 5.01. The Bertz CT molecular complexity index is 503. The predicted molar refractivity (Wildman–Crippen MR) is 112 cm³/mol. The molecule has 0 radical (unpaired) electrons. The summed E-state index contributed by atoms with van der Waals surface area (Å²) in [5, 5.41) is 0. The van der Waals surface area contributed by atoms with Crippen molar-refractivity contribution in [2.75, 3.05) is 0 Å². The minimum absolute atomic E-state index is 0.0542. The number of hydrogen-bond donors (Lipinski definition) is 0. The van der Waals surface area contributed by atoms with E-state index in [1.165, 1.54) is 25.0 Å². The van der Waals surface area contributed by atoms with E-state index in [-0.39, 0.29) is 12.2 Å². The highest BCUT2D eigenvalue weighted by Gasteiger charge is 2.34. The summed E-state index contributed by atoms with van der Waals surface area (Å²) in [6, 6.07) is 0. The second kappa shape index (κ2) is 10.5. The molecule has 0 N–H and O–H groups in total. The van der Waals surface area contributed by atoms with Gasteiger partial charge in [-0.1, -0.05) is 54.4 Å². The van der Waals surface area contributed by atoms with Crippen molar-refractivity contribution >= 4 is 11.9 Å². The highest BCUT2D eigenvalue weighted by atomic mass is 16.5. The van der Waals surface area contributed by atoms with E-state index < -0.39 is 11.9 Å². The first-order valence-electron chi connectivity index (χ1n) is 11.3. The summed E-state index contributed by atoms with van der Waals surface area (Å²) in [6.45, 7) is 13.2. The van der Waals surface area contributed by atoms with Gasteiger partial charge in [-0.15, -0.1) is 0 Å². The Morgan fingerprint density at radius 3 is 1.39 bits per heavy atom. The van der Waals surface area contributed by atoms with Crippen LogP contribution in [0.1, 0.15) is 80.1 Å². The van der Waals surface area contributed by atoms with Crippen LogP contribution in [0.4, 0.5) is 0 Å². The normalized spacial score (nSPS) is 34.0. The SMILES string of the molecule is CC(C)C1CC[C@@H](C)CC1OC(=O)C=CC(=O)OC1C[C@H](C)CCC1C(C)C. The van der Waals surface area contributed by atoms with Crippen LogP contribution in [-0.4, -0.2) is 24.1 Å². The van der Waals surface area contributed by atoms with E-state index in [1.807, 2.05) is 0 Å². The molecule has 160 valence electrons. The minimum Gasteiger partial charge on any atom is -0.459 e. The van der Waals surface area contributed by atoms with Crippen molar-refractivity contribution in [3.8, 4) is 0 Å². The van der Waals surface area contributed by atoms with Crippen LogP contribution < -0.4 is 0 Å². The first-order chi connectivity index (χ1) is 13.2. The topological polar surface area (TPSA) is 52.6 Å². The van der Waals surface area contributed by atoms with Gasteiger partial charge >= 0.3 is 11.9 Å². The third-order valence-electron chi connectivity index (χ3n) is 6.81. The van der Waals surface area contributed by atoms with E-state index >= 15 is 0 Å². The maximum Gasteiger partial charge on any atom is 0.331 e. The molecule has 0 spiro atoms. The molecule has 0 aliphatic heterocycles. The van der Waals surface area contributed by atoms with Crippen molar-refractivity contribution < 1.29 is 19.1 Å². The first-order valence-corrected chi connectivity index (χ1v) is 11.3. The molecule has 2 rings (SSSR count). The largest absolute Gasteiger partial charge is 0.459 e. The second-order valence-corrected chi connectivity index (χ2v) is 9.94. The Morgan fingerprint density at radius 1 is 0.714 bits per heavy atom. The molecule has 2 aliphatic carbocycles. The maximum absolute atomic E-state index is 12.3. The van der Waals surface area contributed by atoms with Crippen LogP contribution in [-0.2, 0) is 19.1 Å². The summed E-state index contributed by atoms with van der Waals surface area (Å²) in [7, 11) is 0. The molecule has 0 aromatic rings. The van der Waals surface area contributed by atoms with Crippen LogP contribution in [0.5, 0.6) is 0 Å². The van der Waals surface area contributed by atoms with Gasteiger partial charge in [0.05, 0.1) is 0 Å². The average Bonchev–Trinajstić information content (AvgIpc) is 2.59. The Hall–Kier alpha value is -1.32. The minimum atomic E-state index is -0.431. The molecular formula is C24H40O4. The zero-order valence-corrected chi connectivity index (χ0v) is 18.6. The van der Waals surface area contributed by atoms with E-state index in [4.69, 9.17) is 9.47 Å². The number of rotatable bonds is 6. The molecule has 0 amide bonds. The number of carbonyl (C=O) groups excluding carboxylic acids is 2. The van der Waals surface area contributed by atoms with Gasteiger partial charge in [-0.25, -0.2) is 9.59 Å². The third-order valence-corrected chi connectivity index (χ3v) is 6.81. The monoisotopic (exact) mass is 392 g/mol. The van der Waals surface area contributed by atoms with E-state index in [0.29, 0.717) is 35.5 Å². The van der Waals surface area contributed by atoms with Crippen LogP contribution in [0, 0.1) is 35.5 Å². The molecule has 0 aromatic heterocycles. The molecule has 0 bridgehead atoms. The molecule has 2 fully saturated rings. The predicted octanol–water partition coefficient (Wildman–Crippen LogP) is 5.55. The molecule has 0 saturated heterocycles. The quantitative estimate of drug-likeness (QED) is 0.439. The fraction of sp³-hybridized carbons (Fsp3) is 0.833. The fourth-order valence-corrected chi connectivity index (χ4v) is 5.01. The summed E-state index contributed by atoms with van der Waals surface area (Å²) in [6.07, 6.45) is 8.77. The Kier molecular flexibility index (Phi) is 8.57. The summed E-state index contributed by atoms with van der Waals surface area (Å²) >= 11 is 0. The van der Waals surface area contributed by atoms with Crippen molar-refractivity contribution in [1.82, 2.24) is 0 Å². The third kappa shape index (κ3) is 6.63. The summed E-state index contributed by atoms with van der Waals surface area (Å²) in [5.41, 5.74) is 0. The zero-order valence-electron chi connectivity index (χ0n) is 18.6. The highest BCUT2D eigenvalue weighted by molar-refractivity contribution is 5.91. The van der Waals surface area contributed by atoms with Gasteiger partial charge in [-0.3, -0.25) is 0 Å². The molecule has 4 unspecified atom stereocenters. The van der Waals surface area contributed by atoms with Crippen LogP contribution in [0.15, 0.2) is 12.2 Å². The molecular weight excluding hydrogens is 352 g/mol. The maximum atomic E-state index is 12.3. The van der Waals surface area contributed by atoms with Crippen molar-refractivity contribution in [2.45, 2.75) is 92.3 Å². The molecule has 0 aromatic carbocycles. The van der Waals surface area contributed by atoms with Crippen LogP contribution in [0.3, 0.4) is 0 Å². The number of hydrogen-bond acceptors (Lipinski definition) is 4. The number of carbonyl (C=O) groups is 2. The zero-order chi connectivity index (χ0) is 20.8. The number of ether oxygens (including phenoxy) is 2. The van der Waals surface area contributed by atoms with Gasteiger partial charge in [0.15, 0.2) is 0 Å². The standard InChI is InChI=1S/C24H40O4/c1-15(2)19-9-7-17(5)13-21(19)27-23(25)11-12-24(26)28-22-14-18(6)8-10-20(22)16(3)4/h11-12,15-22H,7-10,13-14H2,1-6H3/t17-,18-,19?,20?,21?,22?/m1/s1. The van der Waals surface area contributed by atoms with Gasteiger partial charge in [0, 0.05) is 12.2 Å². The van der Waals surface area contributed by atoms with Crippen LogP contribution in [0.25, 0.3) is 0 Å². The smallest absolute Gasteiger partial charge is 0.331 e. The van der Waals surface area contributed by atoms with Gasteiger partial charge in [-0.05, 0) is 61.2 Å². The lowest BCUT2D eigenvalue weighted by Crippen LogP contribution is -2.36. The Labute approximate surface area is 171 Å². The molecule has 4 nitrogen and oxygen atoms in total. The summed E-state index contributed by atoms with van der Waals surface area (Å²) < 4.78 is 11.4. The summed E-state index contributed by atoms with van der Waals surface area (Å²) in [5.74, 6) is 2.05. The van der Waals surface area contributed by atoms with Gasteiger partial charge < -0.3 is 9.47 Å². The van der Waals surface area contributed by atoms with Crippen molar-refractivity contribution in [1.29, 1.82) is 0 Å². The molecule has 28 heavy (non-hydrogen) atoms. The van der Waals surface area contributed by atoms with E-state index in [0.717, 1.165) is 25.7 Å². The lowest BCUT2D eigenvalue weighted by atomic mass is 9.75. The lowest BCUT2D eigenvalue weighted by molar-refractivity contribution is -0.152. The van der Waals surface area contributed by atoms with Gasteiger partial charge in [0.2, 0.25) is 0 Å². The molecule has 0 heterocycles. The van der Waals surface area contributed by atoms with E-state index in [1.54, 1.807) is 0 Å². The van der Waals surface area contributed by atoms with Crippen molar-refractivity contribution in [2.24, 2.45) is 35.5 Å². The van der Waals surface area contributed by atoms with Gasteiger partial charge in [-0.2, -0.15) is 0 Å². The first kappa shape index (κ1) is 23.0. The highest BCUT2D eigenvalue weighted by Crippen LogP contribution is 2.36. The molecule has 2 saturated carbocycles. The molecule has 6 atom stereocenters. The van der Waals surface area contributed by atoms with Crippen molar-refractivity contribution in [3.63, 3.8) is 0 Å². The summed E-state index contributed by atoms with van der Waals surface area (Å²) in [4.78, 5) is 24.6. The van der Waals surface area contributed by atoms with Gasteiger partial charge in [0.1, 0.15) is 12.2 Å². The van der Waals surface area contributed by atoms with Gasteiger partial charge in [0.25, 0.3) is 0 Å². The van der Waals surface area contributed by atoms with E-state index in [9.17, 15) is 9.59 Å². The number of esters is 2. The van der Waals surface area contributed by atoms with Crippen LogP contribution in [0.2, 0.25) is 0 Å². The second-order valence-electron chi connectivity index (χ2n) is 9.94.